The van der Waals surface area contributed by atoms with E-state index in [9.17, 15) is 0 Å². The van der Waals surface area contributed by atoms with Crippen LogP contribution in [-0.2, 0) is 0 Å². The number of nitrogen functional groups attached to an aromatic ring is 1. The van der Waals surface area contributed by atoms with Crippen molar-refractivity contribution in [1.82, 2.24) is 19.7 Å². The van der Waals surface area contributed by atoms with Crippen molar-refractivity contribution in [3.05, 3.63) is 34.5 Å². The topological polar surface area (TPSA) is 123 Å². The molecule has 1 aliphatic carbocycles. The first-order valence-corrected chi connectivity index (χ1v) is 11.7. The summed E-state index contributed by atoms with van der Waals surface area (Å²) in [5.74, 6) is 0.899. The summed E-state index contributed by atoms with van der Waals surface area (Å²) in [4.78, 5) is 10.1. The minimum Gasteiger partial charge on any atom is -0.399 e. The highest BCUT2D eigenvalue weighted by Gasteiger charge is 2.22. The molecule has 1 aliphatic rings. The van der Waals surface area contributed by atoms with E-state index in [1.807, 2.05) is 12.1 Å². The van der Waals surface area contributed by atoms with Crippen LogP contribution in [-0.4, -0.2) is 31.8 Å². The monoisotopic (exact) mass is 456 g/mol. The van der Waals surface area contributed by atoms with Gasteiger partial charge in [0, 0.05) is 28.5 Å². The van der Waals surface area contributed by atoms with Crippen LogP contribution in [0.15, 0.2) is 23.2 Å². The van der Waals surface area contributed by atoms with E-state index in [1.165, 1.54) is 0 Å². The second-order valence-corrected chi connectivity index (χ2v) is 9.75. The molecular formula is C23H33ClN8. The number of nitrogens with zero attached hydrogens (tertiary/aromatic N) is 4. The fraction of sp³-hybridized carbons (Fsp3) is 0.522. The van der Waals surface area contributed by atoms with E-state index in [0.717, 1.165) is 48.1 Å². The predicted octanol–water partition coefficient (Wildman–Crippen LogP) is 4.61. The van der Waals surface area contributed by atoms with Crippen LogP contribution in [0.5, 0.6) is 0 Å². The van der Waals surface area contributed by atoms with Gasteiger partial charge in [-0.2, -0.15) is 10.1 Å². The van der Waals surface area contributed by atoms with Gasteiger partial charge < -0.3 is 21.4 Å². The van der Waals surface area contributed by atoms with Crippen molar-refractivity contribution in [3.63, 3.8) is 0 Å². The van der Waals surface area contributed by atoms with Crippen LogP contribution in [0.4, 0.5) is 17.2 Å². The van der Waals surface area contributed by atoms with E-state index in [0.29, 0.717) is 22.1 Å². The number of hydrogen-bond acceptors (Lipinski definition) is 6. The van der Waals surface area contributed by atoms with Gasteiger partial charge in [-0.05, 0) is 63.6 Å². The molecule has 172 valence electrons. The van der Waals surface area contributed by atoms with E-state index in [2.05, 4.69) is 47.8 Å². The molecule has 0 unspecified atom stereocenters. The van der Waals surface area contributed by atoms with Crippen LogP contribution in [0.1, 0.15) is 71.0 Å². The molecule has 2 aromatic heterocycles. The van der Waals surface area contributed by atoms with Crippen LogP contribution >= 0.6 is 11.6 Å². The second-order valence-electron chi connectivity index (χ2n) is 9.31. The fourth-order valence-corrected chi connectivity index (χ4v) is 4.59. The Morgan fingerprint density at radius 3 is 2.50 bits per heavy atom. The summed E-state index contributed by atoms with van der Waals surface area (Å²) in [6, 6.07) is 6.03. The molecule has 0 spiro atoms. The highest BCUT2D eigenvalue weighted by atomic mass is 35.5. The Balaban J connectivity index is 1.92. The predicted molar refractivity (Wildman–Crippen MR) is 131 cm³/mol. The first kappa shape index (κ1) is 22.6. The normalized spacial score (nSPS) is 19.9. The number of nitrogens with two attached hydrogens (primary N) is 2. The van der Waals surface area contributed by atoms with Crippen LogP contribution in [0, 0.1) is 0 Å². The molecular weight excluding hydrogens is 424 g/mol. The third-order valence-electron chi connectivity index (χ3n) is 5.98. The first-order valence-electron chi connectivity index (χ1n) is 11.4. The van der Waals surface area contributed by atoms with E-state index in [-0.39, 0.29) is 24.0 Å². The molecule has 0 atom stereocenters. The number of halogens is 1. The van der Waals surface area contributed by atoms with Crippen molar-refractivity contribution in [2.45, 2.75) is 77.4 Å². The van der Waals surface area contributed by atoms with Gasteiger partial charge in [-0.3, -0.25) is 5.10 Å². The summed E-state index contributed by atoms with van der Waals surface area (Å²) < 4.78 is 2.19. The Labute approximate surface area is 193 Å². The number of fused-ring (bicyclic) bond motifs is 1. The number of anilines is 3. The number of benzene rings is 1. The zero-order valence-electron chi connectivity index (χ0n) is 19.2. The molecule has 1 saturated carbocycles. The van der Waals surface area contributed by atoms with Gasteiger partial charge in [0.05, 0.1) is 17.3 Å². The van der Waals surface area contributed by atoms with Gasteiger partial charge in [0.25, 0.3) is 0 Å². The summed E-state index contributed by atoms with van der Waals surface area (Å²) in [6.45, 7) is 8.61. The summed E-state index contributed by atoms with van der Waals surface area (Å²) in [5.41, 5.74) is 17.0. The molecule has 3 aromatic rings. The Hall–Kier alpha value is -2.58. The van der Waals surface area contributed by atoms with Gasteiger partial charge in [0.1, 0.15) is 0 Å². The van der Waals surface area contributed by atoms with Crippen molar-refractivity contribution in [1.29, 1.82) is 0 Å². The SMILES string of the molecule is CC(C)c1[nH]nc2c(Nc3cc(N)cc(Cl)c3)nc(=NC3CCC(N)CC3)n(C(C)C)c12. The Morgan fingerprint density at radius 1 is 1.16 bits per heavy atom. The average molecular weight is 457 g/mol. The van der Waals surface area contributed by atoms with Crippen molar-refractivity contribution < 1.29 is 0 Å². The largest absolute Gasteiger partial charge is 0.399 e. The lowest BCUT2D eigenvalue weighted by atomic mass is 9.92. The minimum absolute atomic E-state index is 0.167. The smallest absolute Gasteiger partial charge is 0.227 e. The van der Waals surface area contributed by atoms with Gasteiger partial charge in [-0.25, -0.2) is 4.99 Å². The van der Waals surface area contributed by atoms with Gasteiger partial charge in [0.2, 0.25) is 5.62 Å². The first-order chi connectivity index (χ1) is 15.2. The van der Waals surface area contributed by atoms with Crippen LogP contribution in [0.25, 0.3) is 11.0 Å². The molecule has 4 rings (SSSR count). The molecule has 6 N–H and O–H groups in total. The third kappa shape index (κ3) is 4.61. The third-order valence-corrected chi connectivity index (χ3v) is 6.19. The maximum absolute atomic E-state index is 6.22. The van der Waals surface area contributed by atoms with E-state index in [4.69, 9.17) is 33.0 Å². The Kier molecular flexibility index (Phi) is 6.44. The second kappa shape index (κ2) is 9.11. The fourth-order valence-electron chi connectivity index (χ4n) is 4.35. The quantitative estimate of drug-likeness (QED) is 0.417. The van der Waals surface area contributed by atoms with Crippen LogP contribution < -0.4 is 22.4 Å². The number of aromatic amines is 1. The maximum atomic E-state index is 6.22. The standard InChI is InChI=1S/C23H33ClN8/c1-12(2)19-21-20(31-30-19)22(27-18-10-14(24)9-16(26)11-18)29-23(32(21)13(3)4)28-17-7-5-15(25)6-8-17/h9-13,15,17H,5-8,25-26H2,1-4H3,(H,30,31)(H,27,28,29). The lowest BCUT2D eigenvalue weighted by Gasteiger charge is -2.24. The molecule has 0 radical (unpaired) electrons. The maximum Gasteiger partial charge on any atom is 0.227 e. The minimum atomic E-state index is 0.167. The van der Waals surface area contributed by atoms with Crippen LogP contribution in [0.3, 0.4) is 0 Å². The summed E-state index contributed by atoms with van der Waals surface area (Å²) >= 11 is 6.22. The molecule has 1 fully saturated rings. The zero-order valence-corrected chi connectivity index (χ0v) is 19.9. The molecule has 2 heterocycles. The molecule has 8 nitrogen and oxygen atoms in total. The van der Waals surface area contributed by atoms with Gasteiger partial charge >= 0.3 is 0 Å². The van der Waals surface area contributed by atoms with Crippen molar-refractivity contribution in [2.75, 3.05) is 11.1 Å². The van der Waals surface area contributed by atoms with E-state index >= 15 is 0 Å². The molecule has 0 amide bonds. The van der Waals surface area contributed by atoms with Crippen molar-refractivity contribution >= 4 is 39.8 Å². The van der Waals surface area contributed by atoms with E-state index in [1.54, 1.807) is 6.07 Å². The van der Waals surface area contributed by atoms with Gasteiger partial charge in [0.15, 0.2) is 11.3 Å². The zero-order chi connectivity index (χ0) is 23.0. The van der Waals surface area contributed by atoms with Gasteiger partial charge in [-0.1, -0.05) is 25.4 Å². The Morgan fingerprint density at radius 2 is 1.88 bits per heavy atom. The highest BCUT2D eigenvalue weighted by Crippen LogP contribution is 2.30. The lowest BCUT2D eigenvalue weighted by Crippen LogP contribution is -2.33. The highest BCUT2D eigenvalue weighted by molar-refractivity contribution is 6.31. The molecule has 9 heteroatoms. The average Bonchev–Trinajstić information content (AvgIpc) is 3.14. The number of rotatable bonds is 5. The Bertz CT molecular complexity index is 1150. The van der Waals surface area contributed by atoms with Crippen molar-refractivity contribution in [2.24, 2.45) is 10.7 Å². The van der Waals surface area contributed by atoms with E-state index < -0.39 is 0 Å². The molecule has 0 saturated heterocycles. The van der Waals surface area contributed by atoms with Crippen molar-refractivity contribution in [3.8, 4) is 0 Å². The summed E-state index contributed by atoms with van der Waals surface area (Å²) in [6.07, 6.45) is 3.95. The number of aromatic nitrogens is 4. The number of H-pyrrole nitrogens is 1. The molecule has 0 aliphatic heterocycles. The lowest BCUT2D eigenvalue weighted by molar-refractivity contribution is 0.386. The molecule has 32 heavy (non-hydrogen) atoms. The molecule has 0 bridgehead atoms. The summed E-state index contributed by atoms with van der Waals surface area (Å²) in [5, 5.41) is 11.8. The van der Waals surface area contributed by atoms with Gasteiger partial charge in [-0.15, -0.1) is 0 Å². The van der Waals surface area contributed by atoms with Crippen LogP contribution in [0.2, 0.25) is 5.02 Å². The number of hydrogen-bond donors (Lipinski definition) is 4. The number of nitrogens with one attached hydrogen (secondary N) is 2. The summed E-state index contributed by atoms with van der Waals surface area (Å²) in [7, 11) is 0. The molecule has 1 aromatic carbocycles.